The van der Waals surface area contributed by atoms with E-state index in [1.807, 2.05) is 19.2 Å². The first-order chi connectivity index (χ1) is 10.0. The molecule has 5 nitrogen and oxygen atoms in total. The van der Waals surface area contributed by atoms with E-state index in [2.05, 4.69) is 26.0 Å². The molecule has 0 aromatic heterocycles. The summed E-state index contributed by atoms with van der Waals surface area (Å²) in [6.45, 7) is 2.68. The van der Waals surface area contributed by atoms with Crippen LogP contribution in [0.2, 0.25) is 0 Å². The van der Waals surface area contributed by atoms with Crippen molar-refractivity contribution in [1.29, 1.82) is 0 Å². The standard InChI is InChI=1S/C14H21BrN2O3S/c1-16-9-12-2-3-14(13(15)8-12)21(18,19)17-6-4-11-5-7-20-10-11/h2-3,8,11,16-17H,4-7,9-10H2,1H3. The molecule has 2 rings (SSSR count). The van der Waals surface area contributed by atoms with Crippen LogP contribution in [0, 0.1) is 5.92 Å². The van der Waals surface area contributed by atoms with Crippen molar-refractivity contribution in [3.8, 4) is 0 Å². The number of halogens is 1. The van der Waals surface area contributed by atoms with E-state index in [9.17, 15) is 8.42 Å². The zero-order valence-corrected chi connectivity index (χ0v) is 14.5. The Kier molecular flexibility index (Phi) is 6.19. The molecule has 2 N–H and O–H groups in total. The van der Waals surface area contributed by atoms with E-state index in [4.69, 9.17) is 4.74 Å². The minimum absolute atomic E-state index is 0.282. The van der Waals surface area contributed by atoms with E-state index in [1.54, 1.807) is 6.07 Å². The normalized spacial score (nSPS) is 19.0. The van der Waals surface area contributed by atoms with Gasteiger partial charge in [0.25, 0.3) is 0 Å². The average molecular weight is 377 g/mol. The molecule has 118 valence electrons. The van der Waals surface area contributed by atoms with E-state index in [0.717, 1.165) is 31.6 Å². The first-order valence-corrected chi connectivity index (χ1v) is 9.31. The van der Waals surface area contributed by atoms with Crippen LogP contribution in [0.3, 0.4) is 0 Å². The molecule has 0 aliphatic carbocycles. The summed E-state index contributed by atoms with van der Waals surface area (Å²) in [5.74, 6) is 0.467. The van der Waals surface area contributed by atoms with Crippen LogP contribution in [0.4, 0.5) is 0 Å². The summed E-state index contributed by atoms with van der Waals surface area (Å²) in [5, 5.41) is 3.04. The molecule has 7 heteroatoms. The average Bonchev–Trinajstić information content (AvgIpc) is 2.92. The van der Waals surface area contributed by atoms with Crippen LogP contribution >= 0.6 is 15.9 Å². The van der Waals surface area contributed by atoms with Gasteiger partial charge in [-0.15, -0.1) is 0 Å². The number of hydrogen-bond donors (Lipinski definition) is 2. The van der Waals surface area contributed by atoms with E-state index in [0.29, 0.717) is 23.5 Å². The van der Waals surface area contributed by atoms with Gasteiger partial charge in [-0.3, -0.25) is 0 Å². The highest BCUT2D eigenvalue weighted by Crippen LogP contribution is 2.23. The van der Waals surface area contributed by atoms with Crippen molar-refractivity contribution in [2.45, 2.75) is 24.3 Å². The van der Waals surface area contributed by atoms with Crippen LogP contribution in [-0.4, -0.2) is 35.2 Å². The Morgan fingerprint density at radius 2 is 2.24 bits per heavy atom. The molecule has 0 spiro atoms. The highest BCUT2D eigenvalue weighted by atomic mass is 79.9. The van der Waals surface area contributed by atoms with Gasteiger partial charge in [-0.2, -0.15) is 0 Å². The Bertz CT molecular complexity index is 572. The maximum absolute atomic E-state index is 12.3. The zero-order valence-electron chi connectivity index (χ0n) is 12.1. The van der Waals surface area contributed by atoms with Crippen molar-refractivity contribution in [2.75, 3.05) is 26.8 Å². The lowest BCUT2D eigenvalue weighted by Gasteiger charge is -2.11. The Balaban J connectivity index is 1.97. The Morgan fingerprint density at radius 1 is 1.43 bits per heavy atom. The second-order valence-electron chi connectivity index (χ2n) is 5.21. The number of rotatable bonds is 7. The second-order valence-corrected chi connectivity index (χ2v) is 7.80. The molecule has 1 aromatic carbocycles. The molecule has 0 amide bonds. The van der Waals surface area contributed by atoms with E-state index < -0.39 is 10.0 Å². The first kappa shape index (κ1) is 16.9. The van der Waals surface area contributed by atoms with Crippen molar-refractivity contribution in [2.24, 2.45) is 5.92 Å². The number of nitrogens with one attached hydrogen (secondary N) is 2. The van der Waals surface area contributed by atoms with Crippen LogP contribution in [-0.2, 0) is 21.3 Å². The van der Waals surface area contributed by atoms with Gasteiger partial charge in [-0.1, -0.05) is 6.07 Å². The van der Waals surface area contributed by atoms with Crippen molar-refractivity contribution in [3.63, 3.8) is 0 Å². The van der Waals surface area contributed by atoms with Gasteiger partial charge in [0.1, 0.15) is 0 Å². The third kappa shape index (κ3) is 4.75. The number of sulfonamides is 1. The molecule has 1 saturated heterocycles. The van der Waals surface area contributed by atoms with Gasteiger partial charge in [0.05, 0.1) is 4.90 Å². The van der Waals surface area contributed by atoms with Crippen LogP contribution in [0.25, 0.3) is 0 Å². The highest BCUT2D eigenvalue weighted by molar-refractivity contribution is 9.10. The van der Waals surface area contributed by atoms with Crippen LogP contribution in [0.5, 0.6) is 0 Å². The summed E-state index contributed by atoms with van der Waals surface area (Å²) in [4.78, 5) is 0.282. The monoisotopic (exact) mass is 376 g/mol. The molecule has 1 fully saturated rings. The fourth-order valence-corrected chi connectivity index (χ4v) is 4.53. The van der Waals surface area contributed by atoms with Gasteiger partial charge in [0.15, 0.2) is 0 Å². The van der Waals surface area contributed by atoms with Gasteiger partial charge in [0.2, 0.25) is 10.0 Å². The quantitative estimate of drug-likeness (QED) is 0.762. The maximum atomic E-state index is 12.3. The third-order valence-electron chi connectivity index (χ3n) is 3.54. The summed E-state index contributed by atoms with van der Waals surface area (Å²) < 4.78 is 33.2. The number of ether oxygens (including phenoxy) is 1. The third-order valence-corrected chi connectivity index (χ3v) is 5.97. The van der Waals surface area contributed by atoms with Gasteiger partial charge in [-0.05, 0) is 59.4 Å². The largest absolute Gasteiger partial charge is 0.381 e. The van der Waals surface area contributed by atoms with Gasteiger partial charge < -0.3 is 10.1 Å². The lowest BCUT2D eigenvalue weighted by Crippen LogP contribution is -2.26. The van der Waals surface area contributed by atoms with E-state index >= 15 is 0 Å². The summed E-state index contributed by atoms with van der Waals surface area (Å²) in [6, 6.07) is 5.29. The molecular formula is C14H21BrN2O3S. The molecule has 21 heavy (non-hydrogen) atoms. The predicted octanol–water partition coefficient (Wildman–Crippen LogP) is 1.87. The molecule has 1 aromatic rings. The molecule has 0 radical (unpaired) electrons. The number of hydrogen-bond acceptors (Lipinski definition) is 4. The Hall–Kier alpha value is -0.470. The minimum atomic E-state index is -3.47. The van der Waals surface area contributed by atoms with Gasteiger partial charge >= 0.3 is 0 Å². The van der Waals surface area contributed by atoms with Crippen LogP contribution in [0.15, 0.2) is 27.6 Å². The zero-order chi connectivity index (χ0) is 15.3. The summed E-state index contributed by atoms with van der Waals surface area (Å²) in [7, 11) is -1.62. The van der Waals surface area contributed by atoms with E-state index in [1.165, 1.54) is 0 Å². The van der Waals surface area contributed by atoms with Crippen molar-refractivity contribution < 1.29 is 13.2 Å². The van der Waals surface area contributed by atoms with Gasteiger partial charge in [0, 0.05) is 30.8 Å². The maximum Gasteiger partial charge on any atom is 0.241 e. The first-order valence-electron chi connectivity index (χ1n) is 7.03. The topological polar surface area (TPSA) is 67.4 Å². The lowest BCUT2D eigenvalue weighted by molar-refractivity contribution is 0.184. The summed E-state index contributed by atoms with van der Waals surface area (Å²) in [5.41, 5.74) is 1.03. The summed E-state index contributed by atoms with van der Waals surface area (Å²) >= 11 is 3.34. The molecule has 1 aliphatic heterocycles. The van der Waals surface area contributed by atoms with Crippen LogP contribution in [0.1, 0.15) is 18.4 Å². The Labute approximate surface area is 134 Å². The molecular weight excluding hydrogens is 356 g/mol. The molecule has 0 saturated carbocycles. The van der Waals surface area contributed by atoms with Crippen LogP contribution < -0.4 is 10.0 Å². The van der Waals surface area contributed by atoms with Crippen molar-refractivity contribution in [3.05, 3.63) is 28.2 Å². The summed E-state index contributed by atoms with van der Waals surface area (Å²) in [6.07, 6.45) is 1.83. The lowest BCUT2D eigenvalue weighted by atomic mass is 10.1. The minimum Gasteiger partial charge on any atom is -0.381 e. The number of benzene rings is 1. The molecule has 1 aliphatic rings. The van der Waals surface area contributed by atoms with Gasteiger partial charge in [-0.25, -0.2) is 13.1 Å². The molecule has 1 atom stereocenters. The second kappa shape index (κ2) is 7.69. The van der Waals surface area contributed by atoms with E-state index in [-0.39, 0.29) is 4.90 Å². The molecule has 1 unspecified atom stereocenters. The van der Waals surface area contributed by atoms with Crippen molar-refractivity contribution in [1.82, 2.24) is 10.0 Å². The Morgan fingerprint density at radius 3 is 2.86 bits per heavy atom. The molecule has 1 heterocycles. The fourth-order valence-electron chi connectivity index (χ4n) is 2.36. The fraction of sp³-hybridized carbons (Fsp3) is 0.571. The van der Waals surface area contributed by atoms with Crippen molar-refractivity contribution >= 4 is 26.0 Å². The smallest absolute Gasteiger partial charge is 0.241 e. The predicted molar refractivity (Wildman–Crippen MR) is 85.6 cm³/mol. The SMILES string of the molecule is CNCc1ccc(S(=O)(=O)NCCC2CCOC2)c(Br)c1. The highest BCUT2D eigenvalue weighted by Gasteiger charge is 2.20. The molecule has 0 bridgehead atoms.